The van der Waals surface area contributed by atoms with Crippen molar-refractivity contribution in [1.29, 1.82) is 0 Å². The molecule has 0 atom stereocenters. The summed E-state index contributed by atoms with van der Waals surface area (Å²) in [5.41, 5.74) is 1.96. The number of rotatable bonds is 6. The number of pyridine rings is 1. The van der Waals surface area contributed by atoms with E-state index in [9.17, 15) is 4.79 Å². The first-order chi connectivity index (χ1) is 12.1. The number of carbonyl (C=O) groups excluding carboxylic acids is 1. The molecule has 0 aliphatic rings. The maximum Gasteiger partial charge on any atom is 0.227 e. The summed E-state index contributed by atoms with van der Waals surface area (Å²) in [6, 6.07) is 13.1. The van der Waals surface area contributed by atoms with E-state index in [0.29, 0.717) is 36.3 Å². The minimum absolute atomic E-state index is 0. The van der Waals surface area contributed by atoms with Crippen molar-refractivity contribution in [2.24, 2.45) is 4.99 Å². The van der Waals surface area contributed by atoms with Crippen LogP contribution in [-0.2, 0) is 11.3 Å². The number of aryl methyl sites for hydroxylation is 1. The van der Waals surface area contributed by atoms with E-state index in [1.165, 1.54) is 0 Å². The van der Waals surface area contributed by atoms with Crippen LogP contribution in [0.1, 0.15) is 17.7 Å². The highest BCUT2D eigenvalue weighted by Crippen LogP contribution is 2.09. The number of carbonyl (C=O) groups is 1. The third kappa shape index (κ3) is 8.01. The van der Waals surface area contributed by atoms with E-state index in [1.807, 2.05) is 43.3 Å². The van der Waals surface area contributed by atoms with Gasteiger partial charge < -0.3 is 16.0 Å². The van der Waals surface area contributed by atoms with E-state index in [-0.39, 0.29) is 29.9 Å². The Morgan fingerprint density at radius 3 is 2.54 bits per heavy atom. The molecule has 0 saturated heterocycles. The molecule has 0 radical (unpaired) electrons. The largest absolute Gasteiger partial charge is 0.356 e. The highest BCUT2D eigenvalue weighted by atomic mass is 127. The Hall–Kier alpha value is -1.87. The first-order valence-electron chi connectivity index (χ1n) is 7.99. The summed E-state index contributed by atoms with van der Waals surface area (Å²) >= 11 is 5.87. The van der Waals surface area contributed by atoms with E-state index in [2.05, 4.69) is 25.9 Å². The van der Waals surface area contributed by atoms with Crippen LogP contribution in [0.5, 0.6) is 0 Å². The SMILES string of the molecule is CN=C(NCCC(=O)Nc1cccc(C)n1)NCc1ccc(Cl)cc1.I. The van der Waals surface area contributed by atoms with E-state index in [4.69, 9.17) is 11.6 Å². The molecule has 3 N–H and O–H groups in total. The van der Waals surface area contributed by atoms with Gasteiger partial charge in [-0.05, 0) is 36.8 Å². The molecule has 1 aromatic carbocycles. The van der Waals surface area contributed by atoms with Gasteiger partial charge in [0.05, 0.1) is 0 Å². The molecule has 1 aromatic heterocycles. The van der Waals surface area contributed by atoms with Crippen molar-refractivity contribution in [3.8, 4) is 0 Å². The van der Waals surface area contributed by atoms with Crippen LogP contribution in [-0.4, -0.2) is 30.4 Å². The van der Waals surface area contributed by atoms with Crippen molar-refractivity contribution < 1.29 is 4.79 Å². The summed E-state index contributed by atoms with van der Waals surface area (Å²) in [5.74, 6) is 1.10. The molecule has 6 nitrogen and oxygen atoms in total. The van der Waals surface area contributed by atoms with Crippen molar-refractivity contribution in [3.05, 3.63) is 58.7 Å². The summed E-state index contributed by atoms with van der Waals surface area (Å²) in [5, 5.41) is 9.78. The van der Waals surface area contributed by atoms with Crippen molar-refractivity contribution in [2.75, 3.05) is 18.9 Å². The van der Waals surface area contributed by atoms with Crippen molar-refractivity contribution in [1.82, 2.24) is 15.6 Å². The average molecular weight is 488 g/mol. The van der Waals surface area contributed by atoms with Gasteiger partial charge in [-0.3, -0.25) is 9.79 Å². The average Bonchev–Trinajstić information content (AvgIpc) is 2.59. The second-order valence-corrected chi connectivity index (χ2v) is 5.88. The van der Waals surface area contributed by atoms with Gasteiger partial charge in [-0.2, -0.15) is 0 Å². The lowest BCUT2D eigenvalue weighted by atomic mass is 10.2. The molecule has 0 fully saturated rings. The quantitative estimate of drug-likeness (QED) is 0.332. The number of amides is 1. The number of benzene rings is 1. The van der Waals surface area contributed by atoms with Crippen LogP contribution in [0.2, 0.25) is 5.02 Å². The second kappa shape index (κ2) is 11.7. The first-order valence-corrected chi connectivity index (χ1v) is 8.37. The molecule has 1 heterocycles. The summed E-state index contributed by atoms with van der Waals surface area (Å²) in [6.07, 6.45) is 0.317. The molecule has 2 rings (SSSR count). The molecule has 2 aromatic rings. The molecule has 1 amide bonds. The number of hydrogen-bond donors (Lipinski definition) is 3. The molecular weight excluding hydrogens is 465 g/mol. The Morgan fingerprint density at radius 2 is 1.88 bits per heavy atom. The van der Waals surface area contributed by atoms with Gasteiger partial charge in [0.25, 0.3) is 0 Å². The number of nitrogens with one attached hydrogen (secondary N) is 3. The van der Waals surface area contributed by atoms with E-state index >= 15 is 0 Å². The Morgan fingerprint density at radius 1 is 1.15 bits per heavy atom. The summed E-state index contributed by atoms with van der Waals surface area (Å²) in [7, 11) is 1.69. The summed E-state index contributed by atoms with van der Waals surface area (Å²) in [4.78, 5) is 20.3. The fraction of sp³-hybridized carbons (Fsp3) is 0.278. The lowest BCUT2D eigenvalue weighted by Crippen LogP contribution is -2.38. The molecule has 26 heavy (non-hydrogen) atoms. The van der Waals surface area contributed by atoms with E-state index in [0.717, 1.165) is 11.3 Å². The molecule has 8 heteroatoms. The number of guanidine groups is 1. The van der Waals surface area contributed by atoms with Gasteiger partial charge in [0, 0.05) is 37.3 Å². The molecular formula is C18H23ClIN5O. The number of aliphatic imine (C=N–C) groups is 1. The molecule has 0 saturated carbocycles. The predicted octanol–water partition coefficient (Wildman–Crippen LogP) is 3.36. The number of hydrogen-bond acceptors (Lipinski definition) is 3. The molecule has 0 aliphatic carbocycles. The lowest BCUT2D eigenvalue weighted by Gasteiger charge is -2.12. The number of aromatic nitrogens is 1. The fourth-order valence-corrected chi connectivity index (χ4v) is 2.25. The zero-order chi connectivity index (χ0) is 18.1. The van der Waals surface area contributed by atoms with Gasteiger partial charge in [-0.25, -0.2) is 4.98 Å². The Balaban J connectivity index is 0.00000338. The molecule has 0 unspecified atom stereocenters. The molecule has 0 spiro atoms. The maximum atomic E-state index is 11.9. The van der Waals surface area contributed by atoms with Crippen LogP contribution in [0, 0.1) is 6.92 Å². The van der Waals surface area contributed by atoms with Gasteiger partial charge in [-0.1, -0.05) is 29.8 Å². The van der Waals surface area contributed by atoms with Gasteiger partial charge in [-0.15, -0.1) is 24.0 Å². The lowest BCUT2D eigenvalue weighted by molar-refractivity contribution is -0.116. The standard InChI is InChI=1S/C18H22ClN5O.HI/c1-13-4-3-5-16(23-13)24-17(25)10-11-21-18(20-2)22-12-14-6-8-15(19)9-7-14;/h3-9H,10-12H2,1-2H3,(H2,20,21,22)(H,23,24,25);1H. The van der Waals surface area contributed by atoms with E-state index < -0.39 is 0 Å². The van der Waals surface area contributed by atoms with Gasteiger partial charge in [0.2, 0.25) is 5.91 Å². The maximum absolute atomic E-state index is 11.9. The van der Waals surface area contributed by atoms with E-state index in [1.54, 1.807) is 13.1 Å². The fourth-order valence-electron chi connectivity index (χ4n) is 2.12. The monoisotopic (exact) mass is 487 g/mol. The minimum atomic E-state index is -0.0984. The summed E-state index contributed by atoms with van der Waals surface area (Å²) < 4.78 is 0. The second-order valence-electron chi connectivity index (χ2n) is 5.44. The first kappa shape index (κ1) is 22.2. The molecule has 0 aliphatic heterocycles. The normalized spacial score (nSPS) is 10.7. The number of halogens is 2. The van der Waals surface area contributed by atoms with Crippen LogP contribution in [0.25, 0.3) is 0 Å². The smallest absolute Gasteiger partial charge is 0.227 e. The number of nitrogens with zero attached hydrogens (tertiary/aromatic N) is 2. The van der Waals surface area contributed by atoms with Gasteiger partial charge in [0.15, 0.2) is 5.96 Å². The van der Waals surface area contributed by atoms with Crippen LogP contribution >= 0.6 is 35.6 Å². The third-order valence-corrected chi connectivity index (χ3v) is 3.65. The zero-order valence-electron chi connectivity index (χ0n) is 14.8. The number of anilines is 1. The Kier molecular flexibility index (Phi) is 9.97. The summed E-state index contributed by atoms with van der Waals surface area (Å²) in [6.45, 7) is 2.97. The highest BCUT2D eigenvalue weighted by molar-refractivity contribution is 14.0. The van der Waals surface area contributed by atoms with Crippen molar-refractivity contribution >= 4 is 53.3 Å². The minimum Gasteiger partial charge on any atom is -0.356 e. The molecule has 140 valence electrons. The predicted molar refractivity (Wildman–Crippen MR) is 117 cm³/mol. The van der Waals surface area contributed by atoms with Gasteiger partial charge in [0.1, 0.15) is 5.82 Å². The Labute approximate surface area is 175 Å². The molecule has 0 bridgehead atoms. The Bertz CT molecular complexity index is 737. The van der Waals surface area contributed by atoms with Crippen LogP contribution in [0.4, 0.5) is 5.82 Å². The zero-order valence-corrected chi connectivity index (χ0v) is 17.8. The van der Waals surface area contributed by atoms with Crippen molar-refractivity contribution in [2.45, 2.75) is 19.9 Å². The van der Waals surface area contributed by atoms with Crippen LogP contribution in [0.15, 0.2) is 47.5 Å². The highest BCUT2D eigenvalue weighted by Gasteiger charge is 2.04. The van der Waals surface area contributed by atoms with Crippen LogP contribution < -0.4 is 16.0 Å². The topological polar surface area (TPSA) is 78.4 Å². The van der Waals surface area contributed by atoms with Crippen LogP contribution in [0.3, 0.4) is 0 Å². The van der Waals surface area contributed by atoms with Gasteiger partial charge >= 0.3 is 0 Å². The third-order valence-electron chi connectivity index (χ3n) is 3.40. The van der Waals surface area contributed by atoms with Crippen molar-refractivity contribution in [3.63, 3.8) is 0 Å².